The SMILES string of the molecule is C/C(=C\c1ccccc1C)C1=CCCC=C1. The Morgan fingerprint density at radius 2 is 2.00 bits per heavy atom. The Hall–Kier alpha value is -1.56. The van der Waals surface area contributed by atoms with Gasteiger partial charge in [-0.25, -0.2) is 0 Å². The lowest BCUT2D eigenvalue weighted by molar-refractivity contribution is 1.02. The Balaban J connectivity index is 2.28. The molecule has 0 radical (unpaired) electrons. The van der Waals surface area contributed by atoms with Crippen molar-refractivity contribution >= 4 is 6.08 Å². The zero-order chi connectivity index (χ0) is 11.4. The monoisotopic (exact) mass is 210 g/mol. The first-order chi connectivity index (χ1) is 7.77. The third-order valence-corrected chi connectivity index (χ3v) is 3.01. The molecule has 0 unspecified atom stereocenters. The molecule has 0 saturated carbocycles. The van der Waals surface area contributed by atoms with Crippen LogP contribution >= 0.6 is 0 Å². The largest absolute Gasteiger partial charge is 0.0836 e. The highest BCUT2D eigenvalue weighted by Crippen LogP contribution is 2.21. The van der Waals surface area contributed by atoms with Crippen molar-refractivity contribution in [1.82, 2.24) is 0 Å². The summed E-state index contributed by atoms with van der Waals surface area (Å²) in [6.45, 7) is 4.35. The maximum Gasteiger partial charge on any atom is -0.0225 e. The molecule has 0 bridgehead atoms. The molecule has 1 aromatic rings. The van der Waals surface area contributed by atoms with E-state index in [1.807, 2.05) is 0 Å². The maximum absolute atomic E-state index is 2.32. The summed E-state index contributed by atoms with van der Waals surface area (Å²) < 4.78 is 0. The molecule has 16 heavy (non-hydrogen) atoms. The minimum absolute atomic E-state index is 1.17. The molecule has 82 valence electrons. The zero-order valence-corrected chi connectivity index (χ0v) is 10.0. The van der Waals surface area contributed by atoms with Crippen LogP contribution in [0.25, 0.3) is 6.08 Å². The second-order valence-electron chi connectivity index (χ2n) is 4.32. The number of hydrogen-bond acceptors (Lipinski definition) is 0. The molecule has 0 heteroatoms. The first-order valence-corrected chi connectivity index (χ1v) is 5.88. The standard InChI is InChI=1S/C16H18/c1-13-8-6-7-11-16(13)12-14(2)15-9-4-3-5-10-15/h4,6-12H,3,5H2,1-2H3/b14-12+. The highest BCUT2D eigenvalue weighted by Gasteiger charge is 2.00. The van der Waals surface area contributed by atoms with E-state index in [4.69, 9.17) is 0 Å². The molecule has 1 aromatic carbocycles. The fourth-order valence-electron chi connectivity index (χ4n) is 1.97. The average Bonchev–Trinajstić information content (AvgIpc) is 2.33. The number of allylic oxidation sites excluding steroid dienone is 5. The predicted octanol–water partition coefficient (Wildman–Crippen LogP) is 4.67. The van der Waals surface area contributed by atoms with E-state index in [1.165, 1.54) is 35.1 Å². The molecule has 0 N–H and O–H groups in total. The molecule has 0 atom stereocenters. The third-order valence-electron chi connectivity index (χ3n) is 3.01. The lowest BCUT2D eigenvalue weighted by Gasteiger charge is -2.08. The summed E-state index contributed by atoms with van der Waals surface area (Å²) in [5.41, 5.74) is 5.38. The van der Waals surface area contributed by atoms with Crippen molar-refractivity contribution in [3.8, 4) is 0 Å². The molecule has 1 aliphatic carbocycles. The number of rotatable bonds is 2. The van der Waals surface area contributed by atoms with Crippen LogP contribution in [0.4, 0.5) is 0 Å². The Morgan fingerprint density at radius 1 is 1.19 bits per heavy atom. The van der Waals surface area contributed by atoms with Crippen molar-refractivity contribution in [1.29, 1.82) is 0 Å². The van der Waals surface area contributed by atoms with Gasteiger partial charge in [-0.3, -0.25) is 0 Å². The van der Waals surface area contributed by atoms with Crippen LogP contribution < -0.4 is 0 Å². The fourth-order valence-corrected chi connectivity index (χ4v) is 1.97. The molecule has 1 aliphatic rings. The van der Waals surface area contributed by atoms with Crippen LogP contribution in [0, 0.1) is 6.92 Å². The molecule has 0 heterocycles. The van der Waals surface area contributed by atoms with Crippen LogP contribution in [0.1, 0.15) is 30.9 Å². The fraction of sp³-hybridized carbons (Fsp3) is 0.250. The summed E-state index contributed by atoms with van der Waals surface area (Å²) in [6.07, 6.45) is 11.4. The van der Waals surface area contributed by atoms with Crippen LogP contribution in [0.2, 0.25) is 0 Å². The van der Waals surface area contributed by atoms with E-state index in [0.717, 1.165) is 0 Å². The van der Waals surface area contributed by atoms with Gasteiger partial charge >= 0.3 is 0 Å². The van der Waals surface area contributed by atoms with Gasteiger partial charge in [0.1, 0.15) is 0 Å². The van der Waals surface area contributed by atoms with Crippen molar-refractivity contribution < 1.29 is 0 Å². The number of benzene rings is 1. The van der Waals surface area contributed by atoms with Crippen molar-refractivity contribution in [3.63, 3.8) is 0 Å². The summed E-state index contributed by atoms with van der Waals surface area (Å²) in [5, 5.41) is 0. The smallest absolute Gasteiger partial charge is 0.0225 e. The maximum atomic E-state index is 2.32. The summed E-state index contributed by atoms with van der Waals surface area (Å²) in [5.74, 6) is 0. The van der Waals surface area contributed by atoms with Crippen molar-refractivity contribution in [2.45, 2.75) is 26.7 Å². The van der Waals surface area contributed by atoms with Crippen LogP contribution in [0.3, 0.4) is 0 Å². The third kappa shape index (κ3) is 2.52. The van der Waals surface area contributed by atoms with E-state index in [9.17, 15) is 0 Å². The molecular formula is C16H18. The van der Waals surface area contributed by atoms with E-state index >= 15 is 0 Å². The Morgan fingerprint density at radius 3 is 2.69 bits per heavy atom. The van der Waals surface area contributed by atoms with Gasteiger partial charge in [0.05, 0.1) is 0 Å². The van der Waals surface area contributed by atoms with E-state index in [1.54, 1.807) is 0 Å². The van der Waals surface area contributed by atoms with E-state index < -0.39 is 0 Å². The number of hydrogen-bond donors (Lipinski definition) is 0. The number of aryl methyl sites for hydroxylation is 1. The van der Waals surface area contributed by atoms with Gasteiger partial charge in [-0.1, -0.05) is 48.6 Å². The first kappa shape index (κ1) is 10.9. The van der Waals surface area contributed by atoms with Crippen LogP contribution in [0.5, 0.6) is 0 Å². The first-order valence-electron chi connectivity index (χ1n) is 5.88. The molecule has 0 aliphatic heterocycles. The van der Waals surface area contributed by atoms with Gasteiger partial charge in [0, 0.05) is 0 Å². The van der Waals surface area contributed by atoms with Crippen LogP contribution in [-0.2, 0) is 0 Å². The van der Waals surface area contributed by atoms with Gasteiger partial charge in [-0.15, -0.1) is 0 Å². The molecule has 0 nitrogen and oxygen atoms in total. The van der Waals surface area contributed by atoms with E-state index in [0.29, 0.717) is 0 Å². The van der Waals surface area contributed by atoms with E-state index in [-0.39, 0.29) is 0 Å². The molecule has 0 spiro atoms. The zero-order valence-electron chi connectivity index (χ0n) is 10.0. The minimum atomic E-state index is 1.17. The molecular weight excluding hydrogens is 192 g/mol. The molecule has 0 fully saturated rings. The Labute approximate surface area is 98.0 Å². The van der Waals surface area contributed by atoms with Crippen molar-refractivity contribution in [2.75, 3.05) is 0 Å². The Bertz CT molecular complexity index is 459. The summed E-state index contributed by atoms with van der Waals surface area (Å²) >= 11 is 0. The van der Waals surface area contributed by atoms with Gasteiger partial charge in [-0.2, -0.15) is 0 Å². The molecule has 2 rings (SSSR count). The van der Waals surface area contributed by atoms with Crippen LogP contribution in [-0.4, -0.2) is 0 Å². The highest BCUT2D eigenvalue weighted by molar-refractivity contribution is 5.62. The van der Waals surface area contributed by atoms with E-state index in [2.05, 4.69) is 62.4 Å². The lowest BCUT2D eigenvalue weighted by atomic mass is 9.98. The van der Waals surface area contributed by atoms with Crippen molar-refractivity contribution in [3.05, 3.63) is 64.8 Å². The average molecular weight is 210 g/mol. The Kier molecular flexibility index (Phi) is 3.40. The second kappa shape index (κ2) is 4.98. The highest BCUT2D eigenvalue weighted by atomic mass is 14.1. The summed E-state index contributed by atoms with van der Waals surface area (Å²) in [4.78, 5) is 0. The van der Waals surface area contributed by atoms with Gasteiger partial charge in [0.25, 0.3) is 0 Å². The van der Waals surface area contributed by atoms with Crippen LogP contribution in [0.15, 0.2) is 53.6 Å². The summed E-state index contributed by atoms with van der Waals surface area (Å²) in [7, 11) is 0. The van der Waals surface area contributed by atoms with Gasteiger partial charge in [-0.05, 0) is 49.0 Å². The lowest BCUT2D eigenvalue weighted by Crippen LogP contribution is -1.88. The minimum Gasteiger partial charge on any atom is -0.0836 e. The van der Waals surface area contributed by atoms with Crippen molar-refractivity contribution in [2.24, 2.45) is 0 Å². The normalized spacial score (nSPS) is 16.1. The topological polar surface area (TPSA) is 0 Å². The predicted molar refractivity (Wildman–Crippen MR) is 71.3 cm³/mol. The molecule has 0 aromatic heterocycles. The molecule has 0 amide bonds. The van der Waals surface area contributed by atoms with Gasteiger partial charge in [0.15, 0.2) is 0 Å². The quantitative estimate of drug-likeness (QED) is 0.665. The van der Waals surface area contributed by atoms with Gasteiger partial charge in [0.2, 0.25) is 0 Å². The molecule has 0 saturated heterocycles. The summed E-state index contributed by atoms with van der Waals surface area (Å²) in [6, 6.07) is 8.51. The second-order valence-corrected chi connectivity index (χ2v) is 4.32. The van der Waals surface area contributed by atoms with Gasteiger partial charge < -0.3 is 0 Å².